The van der Waals surface area contributed by atoms with E-state index in [4.69, 9.17) is 5.73 Å². The van der Waals surface area contributed by atoms with Crippen LogP contribution in [0.25, 0.3) is 0 Å². The van der Waals surface area contributed by atoms with Gasteiger partial charge in [-0.05, 0) is 57.4 Å². The van der Waals surface area contributed by atoms with E-state index in [0.717, 1.165) is 5.56 Å². The average Bonchev–Trinajstić information content (AvgIpc) is 2.24. The number of nitrogen functional groups attached to an aromatic ring is 1. The van der Waals surface area contributed by atoms with Crippen molar-refractivity contribution in [2.24, 2.45) is 0 Å². The molecule has 5 nitrogen and oxygen atoms in total. The van der Waals surface area contributed by atoms with Crippen molar-refractivity contribution in [3.63, 3.8) is 0 Å². The Labute approximate surface area is 121 Å². The van der Waals surface area contributed by atoms with Crippen molar-refractivity contribution < 1.29 is 13.5 Å². The molecule has 0 bridgehead atoms. The van der Waals surface area contributed by atoms with Gasteiger partial charge in [-0.25, -0.2) is 8.42 Å². The van der Waals surface area contributed by atoms with Crippen LogP contribution in [0.2, 0.25) is 0 Å². The summed E-state index contributed by atoms with van der Waals surface area (Å²) in [6.45, 7) is 8.47. The topological polar surface area (TPSA) is 83.6 Å². The molecule has 3 N–H and O–H groups in total. The molecule has 0 heterocycles. The van der Waals surface area contributed by atoms with Crippen molar-refractivity contribution in [2.45, 2.75) is 45.1 Å². The smallest absolute Gasteiger partial charge is 0.243 e. The second kappa shape index (κ2) is 5.35. The first-order valence-electron chi connectivity index (χ1n) is 6.43. The lowest BCUT2D eigenvalue weighted by Crippen LogP contribution is -2.40. The molecule has 1 aromatic rings. The van der Waals surface area contributed by atoms with E-state index in [1.54, 1.807) is 33.8 Å². The highest BCUT2D eigenvalue weighted by Gasteiger charge is 2.30. The summed E-state index contributed by atoms with van der Waals surface area (Å²) in [5, 5.41) is 9.82. The summed E-state index contributed by atoms with van der Waals surface area (Å²) in [5.74, 6) is 0. The van der Waals surface area contributed by atoms with E-state index in [0.29, 0.717) is 16.8 Å². The normalized spacial score (nSPS) is 13.0. The van der Waals surface area contributed by atoms with Gasteiger partial charge < -0.3 is 10.8 Å². The first kappa shape index (κ1) is 16.9. The highest BCUT2D eigenvalue weighted by molar-refractivity contribution is 7.89. The van der Waals surface area contributed by atoms with Crippen LogP contribution in [0, 0.1) is 20.8 Å². The van der Waals surface area contributed by atoms with Crippen LogP contribution in [-0.4, -0.2) is 37.0 Å². The minimum Gasteiger partial charge on any atom is -0.398 e. The third-order valence-electron chi connectivity index (χ3n) is 3.36. The van der Waals surface area contributed by atoms with Gasteiger partial charge in [0.05, 0.1) is 10.5 Å². The van der Waals surface area contributed by atoms with Gasteiger partial charge in [-0.15, -0.1) is 0 Å². The molecule has 1 aromatic carbocycles. The monoisotopic (exact) mass is 300 g/mol. The molecular formula is C14H24N2O3S. The van der Waals surface area contributed by atoms with Crippen LogP contribution in [0.5, 0.6) is 0 Å². The number of hydrogen-bond donors (Lipinski definition) is 2. The van der Waals surface area contributed by atoms with Gasteiger partial charge in [0.1, 0.15) is 0 Å². The summed E-state index contributed by atoms with van der Waals surface area (Å²) in [6.07, 6.45) is 0. The van der Waals surface area contributed by atoms with E-state index in [1.807, 2.05) is 6.92 Å². The molecule has 0 saturated carbocycles. The Morgan fingerprint density at radius 1 is 1.25 bits per heavy atom. The fourth-order valence-corrected chi connectivity index (χ4v) is 4.06. The minimum absolute atomic E-state index is 0.0159. The van der Waals surface area contributed by atoms with Crippen LogP contribution in [0.4, 0.5) is 5.69 Å². The molecule has 114 valence electrons. The Hall–Kier alpha value is -1.11. The zero-order valence-electron chi connectivity index (χ0n) is 13.0. The van der Waals surface area contributed by atoms with E-state index in [-0.39, 0.29) is 11.4 Å². The summed E-state index contributed by atoms with van der Waals surface area (Å²) >= 11 is 0. The number of benzene rings is 1. The molecule has 0 aromatic heterocycles. The summed E-state index contributed by atoms with van der Waals surface area (Å²) in [6, 6.07) is 1.78. The molecule has 0 amide bonds. The van der Waals surface area contributed by atoms with Crippen LogP contribution >= 0.6 is 0 Å². The Balaban J connectivity index is 3.44. The number of anilines is 1. The van der Waals surface area contributed by atoms with Crippen molar-refractivity contribution >= 4 is 15.7 Å². The number of aryl methyl sites for hydroxylation is 1. The summed E-state index contributed by atoms with van der Waals surface area (Å²) < 4.78 is 26.6. The Morgan fingerprint density at radius 2 is 1.75 bits per heavy atom. The molecule has 0 saturated heterocycles. The van der Waals surface area contributed by atoms with Gasteiger partial charge in [-0.2, -0.15) is 4.31 Å². The molecular weight excluding hydrogens is 276 g/mol. The van der Waals surface area contributed by atoms with Crippen LogP contribution in [0.15, 0.2) is 11.0 Å². The molecule has 1 rings (SSSR count). The first-order valence-corrected chi connectivity index (χ1v) is 7.87. The van der Waals surface area contributed by atoms with E-state index in [2.05, 4.69) is 0 Å². The maximum atomic E-state index is 12.7. The second-order valence-corrected chi connectivity index (χ2v) is 7.92. The van der Waals surface area contributed by atoms with E-state index in [1.165, 1.54) is 11.4 Å². The highest BCUT2D eigenvalue weighted by atomic mass is 32.2. The van der Waals surface area contributed by atoms with Crippen molar-refractivity contribution in [1.29, 1.82) is 0 Å². The number of rotatable bonds is 4. The molecule has 0 spiro atoms. The molecule has 0 radical (unpaired) electrons. The molecule has 0 atom stereocenters. The van der Waals surface area contributed by atoms with Gasteiger partial charge in [-0.1, -0.05) is 0 Å². The van der Waals surface area contributed by atoms with Crippen molar-refractivity contribution in [3.05, 3.63) is 22.8 Å². The molecule has 0 unspecified atom stereocenters. The molecule has 20 heavy (non-hydrogen) atoms. The number of hydrogen-bond acceptors (Lipinski definition) is 4. The van der Waals surface area contributed by atoms with Crippen molar-refractivity contribution in [1.82, 2.24) is 4.31 Å². The summed E-state index contributed by atoms with van der Waals surface area (Å²) in [4.78, 5) is 0.238. The van der Waals surface area contributed by atoms with E-state index in [9.17, 15) is 13.5 Å². The van der Waals surface area contributed by atoms with Crippen LogP contribution < -0.4 is 5.73 Å². The molecule has 0 aliphatic rings. The predicted molar refractivity (Wildman–Crippen MR) is 81.2 cm³/mol. The zero-order chi connectivity index (χ0) is 15.9. The Bertz CT molecular complexity index is 590. The van der Waals surface area contributed by atoms with Crippen molar-refractivity contribution in [2.75, 3.05) is 19.3 Å². The SMILES string of the molecule is Cc1cc(N)c(C)c(S(=O)(=O)N(C)CC(C)(C)O)c1C. The van der Waals surface area contributed by atoms with Crippen LogP contribution in [0.1, 0.15) is 30.5 Å². The molecule has 6 heteroatoms. The van der Waals surface area contributed by atoms with Crippen molar-refractivity contribution in [3.8, 4) is 0 Å². The third kappa shape index (κ3) is 3.31. The summed E-state index contributed by atoms with van der Waals surface area (Å²) in [5.41, 5.74) is 7.33. The number of nitrogens with zero attached hydrogens (tertiary/aromatic N) is 1. The third-order valence-corrected chi connectivity index (χ3v) is 5.43. The maximum Gasteiger partial charge on any atom is 0.243 e. The average molecular weight is 300 g/mol. The molecule has 0 aliphatic carbocycles. The zero-order valence-corrected chi connectivity index (χ0v) is 13.8. The lowest BCUT2D eigenvalue weighted by atomic mass is 10.1. The van der Waals surface area contributed by atoms with Crippen LogP contribution in [0.3, 0.4) is 0 Å². The van der Waals surface area contributed by atoms with Gasteiger partial charge in [-0.3, -0.25) is 0 Å². The van der Waals surface area contributed by atoms with Gasteiger partial charge in [0.15, 0.2) is 0 Å². The summed E-state index contributed by atoms with van der Waals surface area (Å²) in [7, 11) is -2.22. The van der Waals surface area contributed by atoms with Gasteiger partial charge in [0.2, 0.25) is 10.0 Å². The number of aliphatic hydroxyl groups is 1. The second-order valence-electron chi connectivity index (χ2n) is 5.94. The standard InChI is InChI=1S/C14H24N2O3S/c1-9-7-12(15)11(3)13(10(9)2)20(18,19)16(6)8-14(4,5)17/h7,17H,8,15H2,1-6H3. The fourth-order valence-electron chi connectivity index (χ4n) is 2.21. The van der Waals surface area contributed by atoms with Gasteiger partial charge in [0, 0.05) is 19.3 Å². The van der Waals surface area contributed by atoms with E-state index < -0.39 is 15.6 Å². The van der Waals surface area contributed by atoms with Crippen LogP contribution in [-0.2, 0) is 10.0 Å². The minimum atomic E-state index is -3.69. The Morgan fingerprint density at radius 3 is 2.20 bits per heavy atom. The maximum absolute atomic E-state index is 12.7. The number of sulfonamides is 1. The fraction of sp³-hybridized carbons (Fsp3) is 0.571. The first-order chi connectivity index (χ1) is 8.88. The van der Waals surface area contributed by atoms with Gasteiger partial charge in [0.25, 0.3) is 0 Å². The lowest BCUT2D eigenvalue weighted by molar-refractivity contribution is 0.0639. The molecule has 0 fully saturated rings. The largest absolute Gasteiger partial charge is 0.398 e. The Kier molecular flexibility index (Phi) is 4.53. The quantitative estimate of drug-likeness (QED) is 0.827. The van der Waals surface area contributed by atoms with E-state index >= 15 is 0 Å². The number of nitrogens with two attached hydrogens (primary N) is 1. The molecule has 0 aliphatic heterocycles. The highest BCUT2D eigenvalue weighted by Crippen LogP contribution is 2.30. The predicted octanol–water partition coefficient (Wildman–Crippen LogP) is 1.59. The van der Waals surface area contributed by atoms with Gasteiger partial charge >= 0.3 is 0 Å². The lowest BCUT2D eigenvalue weighted by Gasteiger charge is -2.27. The number of likely N-dealkylation sites (N-methyl/N-ethyl adjacent to an activating group) is 1.